The van der Waals surface area contributed by atoms with Crippen LogP contribution in [0, 0.1) is 23.5 Å². The van der Waals surface area contributed by atoms with Crippen LogP contribution in [0.5, 0.6) is 0 Å². The minimum absolute atomic E-state index is 0.0515. The number of halogens is 5. The summed E-state index contributed by atoms with van der Waals surface area (Å²) in [6, 6.07) is 2.14. The Morgan fingerprint density at radius 2 is 1.81 bits per heavy atom. The third-order valence-corrected chi connectivity index (χ3v) is 6.99. The fraction of sp³-hybridized carbons (Fsp3) is 0.400. The lowest BCUT2D eigenvalue weighted by molar-refractivity contribution is -0.138. The second kappa shape index (κ2) is 11.2. The molecule has 0 radical (unpaired) electrons. The molecule has 12 heteroatoms. The van der Waals surface area contributed by atoms with Gasteiger partial charge in [0.2, 0.25) is 0 Å². The monoisotopic (exact) mass is 540 g/mol. The van der Waals surface area contributed by atoms with Crippen LogP contribution >= 0.6 is 0 Å². The molecular weight excluding hydrogens is 515 g/mol. The summed E-state index contributed by atoms with van der Waals surface area (Å²) in [5.74, 6) is 2.40. The molecule has 0 aliphatic heterocycles. The Morgan fingerprint density at radius 3 is 2.38 bits per heavy atom. The van der Waals surface area contributed by atoms with Gasteiger partial charge >= 0.3 is 6.18 Å². The second-order valence-corrected chi connectivity index (χ2v) is 11.2. The number of benzene rings is 1. The summed E-state index contributed by atoms with van der Waals surface area (Å²) in [4.78, 5) is 19.9. The van der Waals surface area contributed by atoms with Gasteiger partial charge in [0.15, 0.2) is 17.5 Å². The van der Waals surface area contributed by atoms with Crippen molar-refractivity contribution < 1.29 is 26.5 Å². The molecule has 1 N–H and O–H groups in total. The number of rotatable bonds is 7. The Kier molecular flexibility index (Phi) is 8.62. The first-order valence-electron chi connectivity index (χ1n) is 11.2. The molecule has 0 unspecified atom stereocenters. The van der Waals surface area contributed by atoms with Gasteiger partial charge in [-0.1, -0.05) is 5.92 Å². The Bertz CT molecular complexity index is 1390. The SMILES string of the molecule is CC#C[C@@H](CCCn1ccc2cc(-c3ncc(C(F)(F)F)cn3)c(F)c(F)c2c1=O)N[S@+]([O-])C(C)(C)C. The van der Waals surface area contributed by atoms with E-state index in [1.165, 1.54) is 16.8 Å². The number of hydrogen-bond donors (Lipinski definition) is 1. The highest BCUT2D eigenvalue weighted by molar-refractivity contribution is 7.90. The maximum absolute atomic E-state index is 15.0. The van der Waals surface area contributed by atoms with E-state index in [0.29, 0.717) is 25.2 Å². The summed E-state index contributed by atoms with van der Waals surface area (Å²) in [6.07, 6.45) is -1.43. The lowest BCUT2D eigenvalue weighted by Gasteiger charge is -2.26. The summed E-state index contributed by atoms with van der Waals surface area (Å²) in [5, 5.41) is -0.442. The third-order valence-electron chi connectivity index (χ3n) is 5.38. The third kappa shape index (κ3) is 6.66. The van der Waals surface area contributed by atoms with Crippen molar-refractivity contribution in [1.82, 2.24) is 19.3 Å². The van der Waals surface area contributed by atoms with Crippen LogP contribution in [0.4, 0.5) is 22.0 Å². The molecule has 0 aliphatic carbocycles. The Balaban J connectivity index is 1.84. The maximum Gasteiger partial charge on any atom is 0.419 e. The van der Waals surface area contributed by atoms with Crippen molar-refractivity contribution in [2.45, 2.75) is 64.0 Å². The van der Waals surface area contributed by atoms with Crippen molar-refractivity contribution in [3.05, 3.63) is 58.3 Å². The topological polar surface area (TPSA) is 82.9 Å². The van der Waals surface area contributed by atoms with Crippen molar-refractivity contribution in [3.8, 4) is 23.2 Å². The predicted molar refractivity (Wildman–Crippen MR) is 132 cm³/mol. The Labute approximate surface area is 213 Å². The van der Waals surface area contributed by atoms with Gasteiger partial charge in [0.05, 0.1) is 16.5 Å². The van der Waals surface area contributed by atoms with E-state index in [9.17, 15) is 31.3 Å². The highest BCUT2D eigenvalue weighted by atomic mass is 32.2. The molecule has 0 amide bonds. The molecule has 0 fully saturated rings. The van der Waals surface area contributed by atoms with Crippen LogP contribution in [-0.2, 0) is 24.1 Å². The summed E-state index contributed by atoms with van der Waals surface area (Å²) in [7, 11) is 0. The molecule has 0 aliphatic rings. The van der Waals surface area contributed by atoms with E-state index in [0.717, 1.165) is 6.07 Å². The van der Waals surface area contributed by atoms with Crippen molar-refractivity contribution in [3.63, 3.8) is 0 Å². The van der Waals surface area contributed by atoms with Gasteiger partial charge in [0.1, 0.15) is 10.8 Å². The summed E-state index contributed by atoms with van der Waals surface area (Å²) < 4.78 is 84.2. The minimum Gasteiger partial charge on any atom is -0.598 e. The molecule has 37 heavy (non-hydrogen) atoms. The van der Waals surface area contributed by atoms with E-state index >= 15 is 0 Å². The molecule has 2 aromatic heterocycles. The average molecular weight is 541 g/mol. The van der Waals surface area contributed by atoms with E-state index in [1.807, 2.05) is 20.8 Å². The first-order chi connectivity index (χ1) is 17.2. The first kappa shape index (κ1) is 28.6. The second-order valence-electron chi connectivity index (χ2n) is 9.21. The Hall–Kier alpha value is -3.01. The average Bonchev–Trinajstić information content (AvgIpc) is 2.81. The Morgan fingerprint density at radius 1 is 1.16 bits per heavy atom. The lowest BCUT2D eigenvalue weighted by atomic mass is 10.1. The summed E-state index contributed by atoms with van der Waals surface area (Å²) in [5.41, 5.74) is -2.36. The molecule has 3 aromatic rings. The maximum atomic E-state index is 15.0. The van der Waals surface area contributed by atoms with Gasteiger partial charge < -0.3 is 9.12 Å². The van der Waals surface area contributed by atoms with Gasteiger partial charge in [0, 0.05) is 36.5 Å². The number of aryl methyl sites for hydroxylation is 1. The molecule has 0 spiro atoms. The largest absolute Gasteiger partial charge is 0.598 e. The van der Waals surface area contributed by atoms with Crippen molar-refractivity contribution in [2.75, 3.05) is 0 Å². The molecular formula is C25H25F5N4O2S. The van der Waals surface area contributed by atoms with Gasteiger partial charge in [0.25, 0.3) is 5.56 Å². The van der Waals surface area contributed by atoms with Crippen molar-refractivity contribution in [2.24, 2.45) is 0 Å². The number of nitrogens with zero attached hydrogens (tertiary/aromatic N) is 3. The summed E-state index contributed by atoms with van der Waals surface area (Å²) in [6.45, 7) is 7.30. The fourth-order valence-electron chi connectivity index (χ4n) is 3.43. The standard InChI is InChI=1S/C25H25F5N4O2S/c1-5-7-17(33-37(36)24(2,3)4)8-6-10-34-11-9-15-12-18(20(26)21(27)19(15)23(34)35)22-31-13-16(14-32-22)25(28,29)30/h9,11-14,17,33H,6,8,10H2,1-4H3/t17-,37+/m0/s1. The molecule has 0 saturated heterocycles. The van der Waals surface area contributed by atoms with Gasteiger partial charge in [-0.05, 0) is 58.1 Å². The van der Waals surface area contributed by atoms with Crippen LogP contribution in [-0.4, -0.2) is 29.9 Å². The highest BCUT2D eigenvalue weighted by Crippen LogP contribution is 2.31. The zero-order valence-electron chi connectivity index (χ0n) is 20.5. The van der Waals surface area contributed by atoms with Crippen molar-refractivity contribution in [1.29, 1.82) is 0 Å². The molecule has 2 heterocycles. The van der Waals surface area contributed by atoms with E-state index in [2.05, 4.69) is 26.5 Å². The van der Waals surface area contributed by atoms with Crippen LogP contribution in [0.1, 0.15) is 46.1 Å². The molecule has 0 saturated carbocycles. The smallest absolute Gasteiger partial charge is 0.419 e. The zero-order chi connectivity index (χ0) is 27.5. The van der Waals surface area contributed by atoms with E-state index in [4.69, 9.17) is 0 Å². The van der Waals surface area contributed by atoms with Crippen LogP contribution < -0.4 is 10.3 Å². The van der Waals surface area contributed by atoms with Crippen molar-refractivity contribution >= 4 is 22.1 Å². The van der Waals surface area contributed by atoms with E-state index < -0.39 is 61.8 Å². The molecule has 0 bridgehead atoms. The van der Waals surface area contributed by atoms with Crippen LogP contribution in [0.15, 0.2) is 35.5 Å². The van der Waals surface area contributed by atoms with E-state index in [-0.39, 0.29) is 18.0 Å². The number of hydrogen-bond acceptors (Lipinski definition) is 5. The molecule has 1 aromatic carbocycles. The van der Waals surface area contributed by atoms with Crippen LogP contribution in [0.3, 0.4) is 0 Å². The van der Waals surface area contributed by atoms with Gasteiger partial charge in [-0.2, -0.15) is 13.2 Å². The van der Waals surface area contributed by atoms with Gasteiger partial charge in [-0.3, -0.25) is 4.79 Å². The number of fused-ring (bicyclic) bond motifs is 1. The van der Waals surface area contributed by atoms with Gasteiger partial charge in [-0.15, -0.1) is 10.6 Å². The number of aromatic nitrogens is 3. The molecule has 2 atom stereocenters. The molecule has 6 nitrogen and oxygen atoms in total. The van der Waals surface area contributed by atoms with Crippen LogP contribution in [0.2, 0.25) is 0 Å². The molecule has 198 valence electrons. The number of alkyl halides is 3. The van der Waals surface area contributed by atoms with Gasteiger partial charge in [-0.25, -0.2) is 18.7 Å². The first-order valence-corrected chi connectivity index (χ1v) is 12.4. The number of pyridine rings is 1. The number of nitrogens with one attached hydrogen (secondary N) is 1. The minimum atomic E-state index is -4.68. The highest BCUT2D eigenvalue weighted by Gasteiger charge is 2.32. The molecule has 3 rings (SSSR count). The fourth-order valence-corrected chi connectivity index (χ4v) is 4.22. The van der Waals surface area contributed by atoms with Crippen LogP contribution in [0.25, 0.3) is 22.2 Å². The summed E-state index contributed by atoms with van der Waals surface area (Å²) >= 11 is -1.35. The quantitative estimate of drug-likeness (QED) is 0.260. The lowest BCUT2D eigenvalue weighted by Crippen LogP contribution is -2.44. The zero-order valence-corrected chi connectivity index (χ0v) is 21.4. The van der Waals surface area contributed by atoms with E-state index in [1.54, 1.807) is 6.92 Å². The predicted octanol–water partition coefficient (Wildman–Crippen LogP) is 4.98. The normalized spacial score (nSPS) is 13.8.